The summed E-state index contributed by atoms with van der Waals surface area (Å²) in [7, 11) is 0. The number of nitrogens with one attached hydrogen (secondary N) is 1. The Balaban J connectivity index is 2.31. The molecule has 0 aliphatic heterocycles. The van der Waals surface area contributed by atoms with Gasteiger partial charge in [0.05, 0.1) is 0 Å². The van der Waals surface area contributed by atoms with Gasteiger partial charge in [-0.2, -0.15) is 0 Å². The number of benzene rings is 1. The van der Waals surface area contributed by atoms with Crippen LogP contribution in [0.5, 0.6) is 0 Å². The molecule has 0 aliphatic carbocycles. The lowest BCUT2D eigenvalue weighted by Gasteiger charge is -1.95. The van der Waals surface area contributed by atoms with Gasteiger partial charge in [0.25, 0.3) is 0 Å². The fraction of sp³-hybridized carbons (Fsp3) is 0.0909. The average molecular weight is 198 g/mol. The van der Waals surface area contributed by atoms with Crippen molar-refractivity contribution in [3.8, 4) is 0 Å². The molecule has 0 atom stereocenters. The Kier molecular flexibility index (Phi) is 2.72. The molecule has 15 heavy (non-hydrogen) atoms. The Hall–Kier alpha value is -2.19. The average Bonchev–Trinajstić information content (AvgIpc) is 2.73. The highest BCUT2D eigenvalue weighted by atomic mass is 15.1. The van der Waals surface area contributed by atoms with Gasteiger partial charge in [-0.3, -0.25) is 0 Å². The largest absolute Gasteiger partial charge is 0.361 e. The maximum atomic E-state index is 8.12. The fourth-order valence-corrected chi connectivity index (χ4v) is 1.52. The van der Waals surface area contributed by atoms with E-state index in [-0.39, 0.29) is 0 Å². The van der Waals surface area contributed by atoms with Crippen molar-refractivity contribution in [3.63, 3.8) is 0 Å². The van der Waals surface area contributed by atoms with Crippen molar-refractivity contribution in [2.75, 3.05) is 6.54 Å². The van der Waals surface area contributed by atoms with Crippen LogP contribution < -0.4 is 0 Å². The minimum absolute atomic E-state index is 0.386. The SMILES string of the molecule is [N-]=[N+]=NCC=Cc1cccc2[nH]ccc12. The molecule has 1 aromatic heterocycles. The van der Waals surface area contributed by atoms with E-state index in [1.54, 1.807) is 0 Å². The highest BCUT2D eigenvalue weighted by Gasteiger charge is 1.96. The molecular weight excluding hydrogens is 188 g/mol. The topological polar surface area (TPSA) is 64.6 Å². The van der Waals surface area contributed by atoms with Crippen LogP contribution in [-0.4, -0.2) is 11.5 Å². The molecular formula is C11H10N4. The third-order valence-electron chi connectivity index (χ3n) is 2.18. The summed E-state index contributed by atoms with van der Waals surface area (Å²) in [5, 5.41) is 4.62. The van der Waals surface area contributed by atoms with Crippen molar-refractivity contribution in [1.82, 2.24) is 4.98 Å². The van der Waals surface area contributed by atoms with Gasteiger partial charge in [-0.1, -0.05) is 29.4 Å². The second kappa shape index (κ2) is 4.35. The van der Waals surface area contributed by atoms with Crippen LogP contribution in [0.1, 0.15) is 5.56 Å². The van der Waals surface area contributed by atoms with Crippen molar-refractivity contribution in [3.05, 3.63) is 52.5 Å². The summed E-state index contributed by atoms with van der Waals surface area (Å²) in [4.78, 5) is 5.83. The molecule has 74 valence electrons. The molecule has 0 saturated carbocycles. The van der Waals surface area contributed by atoms with Crippen molar-refractivity contribution in [2.45, 2.75) is 0 Å². The maximum Gasteiger partial charge on any atom is 0.0459 e. The molecule has 0 aliphatic rings. The van der Waals surface area contributed by atoms with E-state index >= 15 is 0 Å². The third-order valence-corrected chi connectivity index (χ3v) is 2.18. The van der Waals surface area contributed by atoms with Crippen LogP contribution >= 0.6 is 0 Å². The third kappa shape index (κ3) is 2.00. The molecule has 0 radical (unpaired) electrons. The van der Waals surface area contributed by atoms with Gasteiger partial charge >= 0.3 is 0 Å². The summed E-state index contributed by atoms with van der Waals surface area (Å²) in [6.45, 7) is 0.386. The number of nitrogens with zero attached hydrogens (tertiary/aromatic N) is 3. The second-order valence-corrected chi connectivity index (χ2v) is 3.10. The monoisotopic (exact) mass is 198 g/mol. The molecule has 0 spiro atoms. The van der Waals surface area contributed by atoms with E-state index < -0.39 is 0 Å². The first kappa shape index (κ1) is 9.37. The summed E-state index contributed by atoms with van der Waals surface area (Å²) in [6.07, 6.45) is 5.72. The lowest BCUT2D eigenvalue weighted by molar-refractivity contribution is 1.22. The van der Waals surface area contributed by atoms with E-state index in [1.165, 1.54) is 5.39 Å². The van der Waals surface area contributed by atoms with Gasteiger partial charge in [-0.25, -0.2) is 0 Å². The lowest BCUT2D eigenvalue weighted by atomic mass is 10.1. The summed E-state index contributed by atoms with van der Waals surface area (Å²) in [6, 6.07) is 8.08. The van der Waals surface area contributed by atoms with E-state index in [0.717, 1.165) is 11.1 Å². The molecule has 1 N–H and O–H groups in total. The van der Waals surface area contributed by atoms with Crippen LogP contribution in [0.4, 0.5) is 0 Å². The Labute approximate surface area is 86.9 Å². The molecule has 0 bridgehead atoms. The molecule has 0 saturated heterocycles. The Bertz CT molecular complexity index is 532. The normalized spacial score (nSPS) is 10.7. The Morgan fingerprint density at radius 2 is 2.33 bits per heavy atom. The quantitative estimate of drug-likeness (QED) is 0.445. The number of H-pyrrole nitrogens is 1. The van der Waals surface area contributed by atoms with Crippen molar-refractivity contribution in [2.24, 2.45) is 5.11 Å². The first-order valence-electron chi connectivity index (χ1n) is 4.65. The molecule has 0 unspecified atom stereocenters. The Morgan fingerprint density at radius 3 is 3.20 bits per heavy atom. The fourth-order valence-electron chi connectivity index (χ4n) is 1.52. The molecule has 2 aromatic rings. The summed E-state index contributed by atoms with van der Waals surface area (Å²) in [5.41, 5.74) is 10.4. The number of fused-ring (bicyclic) bond motifs is 1. The smallest absolute Gasteiger partial charge is 0.0459 e. The molecule has 2 rings (SSSR count). The number of rotatable bonds is 3. The molecule has 0 fully saturated rings. The van der Waals surface area contributed by atoms with E-state index in [0.29, 0.717) is 6.54 Å². The van der Waals surface area contributed by atoms with Gasteiger partial charge in [0, 0.05) is 28.6 Å². The summed E-state index contributed by atoms with van der Waals surface area (Å²) >= 11 is 0. The zero-order valence-corrected chi connectivity index (χ0v) is 8.09. The van der Waals surface area contributed by atoms with Gasteiger partial charge in [0.2, 0.25) is 0 Å². The number of azide groups is 1. The van der Waals surface area contributed by atoms with E-state index in [1.807, 2.05) is 42.6 Å². The summed E-state index contributed by atoms with van der Waals surface area (Å²) < 4.78 is 0. The molecule has 0 amide bonds. The molecule has 4 nitrogen and oxygen atoms in total. The minimum Gasteiger partial charge on any atom is -0.361 e. The van der Waals surface area contributed by atoms with Gasteiger partial charge in [0.1, 0.15) is 0 Å². The van der Waals surface area contributed by atoms with Crippen molar-refractivity contribution < 1.29 is 0 Å². The molecule has 1 aromatic carbocycles. The number of aromatic nitrogens is 1. The van der Waals surface area contributed by atoms with Gasteiger partial charge in [0.15, 0.2) is 0 Å². The van der Waals surface area contributed by atoms with E-state index in [4.69, 9.17) is 5.53 Å². The van der Waals surface area contributed by atoms with E-state index in [9.17, 15) is 0 Å². The van der Waals surface area contributed by atoms with Gasteiger partial charge < -0.3 is 4.98 Å². The van der Waals surface area contributed by atoms with Crippen LogP contribution in [-0.2, 0) is 0 Å². The zero-order valence-electron chi connectivity index (χ0n) is 8.09. The molecule has 1 heterocycles. The predicted octanol–water partition coefficient (Wildman–Crippen LogP) is 3.49. The van der Waals surface area contributed by atoms with Crippen LogP contribution in [0.2, 0.25) is 0 Å². The number of hydrogen-bond donors (Lipinski definition) is 1. The predicted molar refractivity (Wildman–Crippen MR) is 61.3 cm³/mol. The van der Waals surface area contributed by atoms with Crippen LogP contribution in [0.3, 0.4) is 0 Å². The Morgan fingerprint density at radius 1 is 1.40 bits per heavy atom. The highest BCUT2D eigenvalue weighted by molar-refractivity contribution is 5.88. The minimum atomic E-state index is 0.386. The van der Waals surface area contributed by atoms with Crippen molar-refractivity contribution in [1.29, 1.82) is 0 Å². The van der Waals surface area contributed by atoms with Crippen molar-refractivity contribution >= 4 is 17.0 Å². The first-order chi connectivity index (χ1) is 7.42. The zero-order chi connectivity index (χ0) is 10.5. The second-order valence-electron chi connectivity index (χ2n) is 3.10. The van der Waals surface area contributed by atoms with Crippen LogP contribution in [0.25, 0.3) is 27.4 Å². The molecule has 4 heteroatoms. The first-order valence-corrected chi connectivity index (χ1v) is 4.65. The van der Waals surface area contributed by atoms with Gasteiger partial charge in [-0.05, 0) is 23.2 Å². The number of hydrogen-bond acceptors (Lipinski definition) is 1. The maximum absolute atomic E-state index is 8.12. The summed E-state index contributed by atoms with van der Waals surface area (Å²) in [5.74, 6) is 0. The van der Waals surface area contributed by atoms with E-state index in [2.05, 4.69) is 15.0 Å². The highest BCUT2D eigenvalue weighted by Crippen LogP contribution is 2.18. The standard InChI is InChI=1S/C11H10N4/c12-15-14-7-2-4-9-3-1-5-11-10(9)6-8-13-11/h1-6,8,13H,7H2. The van der Waals surface area contributed by atoms with Crippen LogP contribution in [0.15, 0.2) is 41.7 Å². The number of aromatic amines is 1. The van der Waals surface area contributed by atoms with Gasteiger partial charge in [-0.15, -0.1) is 0 Å². The lowest BCUT2D eigenvalue weighted by Crippen LogP contribution is -1.75. The van der Waals surface area contributed by atoms with Crippen LogP contribution in [0, 0.1) is 0 Å².